The maximum Gasteiger partial charge on any atom is 0.312 e. The molecule has 0 fully saturated rings. The molecule has 0 spiro atoms. The Balaban J connectivity index is 2.59. The van der Waals surface area contributed by atoms with Crippen LogP contribution in [0.3, 0.4) is 0 Å². The smallest absolute Gasteiger partial charge is 0.312 e. The summed E-state index contributed by atoms with van der Waals surface area (Å²) in [5.74, 6) is 0.632. The average molecular weight is 265 g/mol. The van der Waals surface area contributed by atoms with Crippen molar-refractivity contribution in [2.75, 3.05) is 20.8 Å². The van der Waals surface area contributed by atoms with Gasteiger partial charge in [-0.3, -0.25) is 4.79 Å². The van der Waals surface area contributed by atoms with Gasteiger partial charge in [0.2, 0.25) is 0 Å². The van der Waals surface area contributed by atoms with Crippen LogP contribution < -0.4 is 10.1 Å². The molecule has 0 aliphatic rings. The highest BCUT2D eigenvalue weighted by Gasteiger charge is 2.28. The third kappa shape index (κ3) is 4.24. The molecule has 1 atom stereocenters. The van der Waals surface area contributed by atoms with Crippen molar-refractivity contribution in [1.82, 2.24) is 5.32 Å². The van der Waals surface area contributed by atoms with Crippen LogP contribution in [0, 0.1) is 5.41 Å². The Morgan fingerprint density at radius 2 is 1.84 bits per heavy atom. The highest BCUT2D eigenvalue weighted by molar-refractivity contribution is 5.76. The van der Waals surface area contributed by atoms with Gasteiger partial charge in [-0.2, -0.15) is 0 Å². The molecule has 1 aromatic rings. The van der Waals surface area contributed by atoms with Crippen LogP contribution in [0.15, 0.2) is 24.3 Å². The predicted molar refractivity (Wildman–Crippen MR) is 75.2 cm³/mol. The van der Waals surface area contributed by atoms with Gasteiger partial charge in [0.1, 0.15) is 5.75 Å². The summed E-state index contributed by atoms with van der Waals surface area (Å²) in [5.41, 5.74) is 0.622. The summed E-state index contributed by atoms with van der Waals surface area (Å²) < 4.78 is 9.92. The van der Waals surface area contributed by atoms with Gasteiger partial charge in [0.15, 0.2) is 0 Å². The molecule has 0 saturated heterocycles. The molecule has 0 radical (unpaired) electrons. The maximum atomic E-state index is 11.6. The molecule has 0 aliphatic carbocycles. The molecular weight excluding hydrogens is 242 g/mol. The van der Waals surface area contributed by atoms with E-state index in [4.69, 9.17) is 9.47 Å². The zero-order chi connectivity index (χ0) is 14.5. The fourth-order valence-corrected chi connectivity index (χ4v) is 1.77. The van der Waals surface area contributed by atoms with Crippen molar-refractivity contribution >= 4 is 5.97 Å². The quantitative estimate of drug-likeness (QED) is 0.803. The van der Waals surface area contributed by atoms with Crippen molar-refractivity contribution in [3.63, 3.8) is 0 Å². The number of ether oxygens (including phenoxy) is 2. The Labute approximate surface area is 115 Å². The number of hydrogen-bond acceptors (Lipinski definition) is 4. The molecule has 0 aromatic heterocycles. The van der Waals surface area contributed by atoms with Crippen molar-refractivity contribution in [3.05, 3.63) is 29.8 Å². The van der Waals surface area contributed by atoms with Crippen LogP contribution in [0.1, 0.15) is 32.4 Å². The van der Waals surface area contributed by atoms with E-state index in [1.807, 2.05) is 38.1 Å². The number of esters is 1. The van der Waals surface area contributed by atoms with Gasteiger partial charge in [0.25, 0.3) is 0 Å². The third-order valence-corrected chi connectivity index (χ3v) is 3.20. The minimum absolute atomic E-state index is 0.162. The van der Waals surface area contributed by atoms with Crippen LogP contribution in [0.25, 0.3) is 0 Å². The fraction of sp³-hybridized carbons (Fsp3) is 0.533. The van der Waals surface area contributed by atoms with Gasteiger partial charge in [-0.1, -0.05) is 12.1 Å². The molecule has 1 aromatic carbocycles. The van der Waals surface area contributed by atoms with Gasteiger partial charge < -0.3 is 14.8 Å². The Morgan fingerprint density at radius 1 is 1.26 bits per heavy atom. The molecule has 4 nitrogen and oxygen atoms in total. The Kier molecular flexibility index (Phi) is 5.36. The van der Waals surface area contributed by atoms with Crippen LogP contribution >= 0.6 is 0 Å². The molecule has 1 N–H and O–H groups in total. The van der Waals surface area contributed by atoms with Gasteiger partial charge in [0.05, 0.1) is 19.6 Å². The summed E-state index contributed by atoms with van der Waals surface area (Å²) >= 11 is 0. The number of rotatable bonds is 6. The van der Waals surface area contributed by atoms with Gasteiger partial charge in [-0.05, 0) is 38.5 Å². The van der Waals surface area contributed by atoms with Crippen LogP contribution in [-0.4, -0.2) is 26.7 Å². The fourth-order valence-electron chi connectivity index (χ4n) is 1.77. The molecule has 0 aliphatic heterocycles. The van der Waals surface area contributed by atoms with E-state index in [9.17, 15) is 4.79 Å². The second-order valence-electron chi connectivity index (χ2n) is 5.25. The summed E-state index contributed by atoms with van der Waals surface area (Å²) in [7, 11) is 3.06. The van der Waals surface area contributed by atoms with Gasteiger partial charge in [0, 0.05) is 12.6 Å². The Hall–Kier alpha value is -1.55. The monoisotopic (exact) mass is 265 g/mol. The van der Waals surface area contributed by atoms with Crippen molar-refractivity contribution in [3.8, 4) is 5.75 Å². The van der Waals surface area contributed by atoms with Crippen LogP contribution in [0.5, 0.6) is 5.75 Å². The number of nitrogens with one attached hydrogen (secondary N) is 1. The normalized spacial score (nSPS) is 12.9. The first-order valence-corrected chi connectivity index (χ1v) is 6.36. The molecule has 1 rings (SSSR count). The molecule has 0 saturated carbocycles. The number of carbonyl (C=O) groups excluding carboxylic acids is 1. The van der Waals surface area contributed by atoms with E-state index in [-0.39, 0.29) is 12.0 Å². The number of hydrogen-bond donors (Lipinski definition) is 1. The highest BCUT2D eigenvalue weighted by atomic mass is 16.5. The van der Waals surface area contributed by atoms with Gasteiger partial charge in [-0.25, -0.2) is 0 Å². The lowest BCUT2D eigenvalue weighted by molar-refractivity contribution is -0.150. The van der Waals surface area contributed by atoms with Crippen molar-refractivity contribution in [1.29, 1.82) is 0 Å². The second kappa shape index (κ2) is 6.57. The first-order valence-electron chi connectivity index (χ1n) is 6.36. The third-order valence-electron chi connectivity index (χ3n) is 3.20. The largest absolute Gasteiger partial charge is 0.497 e. The minimum atomic E-state index is -0.532. The topological polar surface area (TPSA) is 47.6 Å². The van der Waals surface area contributed by atoms with Gasteiger partial charge >= 0.3 is 5.97 Å². The van der Waals surface area contributed by atoms with Crippen LogP contribution in [0.2, 0.25) is 0 Å². The molecule has 0 amide bonds. The molecular formula is C15H23NO3. The van der Waals surface area contributed by atoms with E-state index >= 15 is 0 Å². The Bertz CT molecular complexity index is 412. The predicted octanol–water partition coefficient (Wildman–Crippen LogP) is 2.55. The van der Waals surface area contributed by atoms with Crippen LogP contribution in [-0.2, 0) is 9.53 Å². The zero-order valence-electron chi connectivity index (χ0n) is 12.3. The molecule has 0 bridgehead atoms. The standard InChI is InChI=1S/C15H23NO3/c1-11(12-6-8-13(18-4)9-7-12)16-10-15(2,3)14(17)19-5/h6-9,11,16H,10H2,1-5H3. The average Bonchev–Trinajstić information content (AvgIpc) is 2.43. The molecule has 19 heavy (non-hydrogen) atoms. The van der Waals surface area contributed by atoms with Crippen molar-refractivity contribution in [2.24, 2.45) is 5.41 Å². The summed E-state index contributed by atoms with van der Waals surface area (Å²) in [6.45, 7) is 6.36. The van der Waals surface area contributed by atoms with E-state index in [0.717, 1.165) is 11.3 Å². The molecule has 106 valence electrons. The summed E-state index contributed by atoms with van der Waals surface area (Å²) in [5, 5.41) is 3.35. The number of carbonyl (C=O) groups is 1. The molecule has 4 heteroatoms. The second-order valence-corrected chi connectivity index (χ2v) is 5.25. The lowest BCUT2D eigenvalue weighted by atomic mass is 9.93. The lowest BCUT2D eigenvalue weighted by Crippen LogP contribution is -2.37. The molecule has 0 heterocycles. The SMILES string of the molecule is COC(=O)C(C)(C)CNC(C)c1ccc(OC)cc1. The lowest BCUT2D eigenvalue weighted by Gasteiger charge is -2.24. The minimum Gasteiger partial charge on any atom is -0.497 e. The Morgan fingerprint density at radius 3 is 2.32 bits per heavy atom. The summed E-state index contributed by atoms with van der Waals surface area (Å²) in [6.07, 6.45) is 0. The van der Waals surface area contributed by atoms with Crippen molar-refractivity contribution in [2.45, 2.75) is 26.8 Å². The summed E-state index contributed by atoms with van der Waals surface area (Å²) in [4.78, 5) is 11.6. The van der Waals surface area contributed by atoms with E-state index in [1.54, 1.807) is 7.11 Å². The van der Waals surface area contributed by atoms with E-state index < -0.39 is 5.41 Å². The van der Waals surface area contributed by atoms with Crippen LogP contribution in [0.4, 0.5) is 0 Å². The van der Waals surface area contributed by atoms with Gasteiger partial charge in [-0.15, -0.1) is 0 Å². The van der Waals surface area contributed by atoms with E-state index in [0.29, 0.717) is 6.54 Å². The van der Waals surface area contributed by atoms with E-state index in [2.05, 4.69) is 12.2 Å². The van der Waals surface area contributed by atoms with Crippen molar-refractivity contribution < 1.29 is 14.3 Å². The van der Waals surface area contributed by atoms with E-state index in [1.165, 1.54) is 7.11 Å². The number of methoxy groups -OCH3 is 2. The zero-order valence-corrected chi connectivity index (χ0v) is 12.3. The molecule has 1 unspecified atom stereocenters. The summed E-state index contributed by atoms with van der Waals surface area (Å²) in [6, 6.07) is 8.05. The first-order chi connectivity index (χ1) is 8.90. The first kappa shape index (κ1) is 15.5. The highest BCUT2D eigenvalue weighted by Crippen LogP contribution is 2.20. The maximum absolute atomic E-state index is 11.6. The number of benzene rings is 1.